The number of anilines is 1. The molecule has 0 saturated heterocycles. The maximum atomic E-state index is 13.4. The van der Waals surface area contributed by atoms with Crippen LogP contribution in [0.4, 0.5) is 10.1 Å². The maximum Gasteiger partial charge on any atom is 0.258 e. The van der Waals surface area contributed by atoms with Gasteiger partial charge >= 0.3 is 0 Å². The fourth-order valence-corrected chi connectivity index (χ4v) is 1.89. The molecule has 0 aliphatic carbocycles. The molecule has 0 aromatic heterocycles. The van der Waals surface area contributed by atoms with E-state index in [4.69, 9.17) is 10.5 Å². The van der Waals surface area contributed by atoms with Crippen molar-refractivity contribution in [3.63, 3.8) is 0 Å². The molecule has 4 nitrogen and oxygen atoms in total. The molecule has 1 amide bonds. The highest BCUT2D eigenvalue weighted by Gasteiger charge is 2.29. The second-order valence-electron chi connectivity index (χ2n) is 3.24. The lowest BCUT2D eigenvalue weighted by molar-refractivity contribution is -0.110. The minimum absolute atomic E-state index is 0.0867. The van der Waals surface area contributed by atoms with E-state index in [9.17, 15) is 9.18 Å². The van der Waals surface area contributed by atoms with Crippen LogP contribution in [-0.4, -0.2) is 5.91 Å². The van der Waals surface area contributed by atoms with E-state index in [0.29, 0.717) is 5.69 Å². The van der Waals surface area contributed by atoms with Crippen molar-refractivity contribution in [3.8, 4) is 12.1 Å². The summed E-state index contributed by atoms with van der Waals surface area (Å²) in [7, 11) is 0. The van der Waals surface area contributed by atoms with Gasteiger partial charge in [-0.25, -0.2) is 4.39 Å². The van der Waals surface area contributed by atoms with Gasteiger partial charge in [-0.3, -0.25) is 4.79 Å². The molecule has 0 saturated carbocycles. The SMILES string of the molecule is N#CC(C#N)=C1C(=O)Nc2cc(Br)c(F)cc21. The van der Waals surface area contributed by atoms with Gasteiger partial charge in [0.25, 0.3) is 5.91 Å². The highest BCUT2D eigenvalue weighted by atomic mass is 79.9. The summed E-state index contributed by atoms with van der Waals surface area (Å²) in [5.41, 5.74) is 0.189. The van der Waals surface area contributed by atoms with Crippen LogP contribution in [0, 0.1) is 28.5 Å². The van der Waals surface area contributed by atoms with Crippen molar-refractivity contribution >= 4 is 33.1 Å². The summed E-state index contributed by atoms with van der Waals surface area (Å²) < 4.78 is 13.6. The number of allylic oxidation sites excluding steroid dienone is 1. The van der Waals surface area contributed by atoms with Gasteiger partial charge in [-0.2, -0.15) is 10.5 Å². The van der Waals surface area contributed by atoms with Gasteiger partial charge in [-0.05, 0) is 28.1 Å². The van der Waals surface area contributed by atoms with Crippen LogP contribution < -0.4 is 5.32 Å². The largest absolute Gasteiger partial charge is 0.321 e. The first-order chi connectivity index (χ1) is 8.08. The predicted octanol–water partition coefficient (Wildman–Crippen LogP) is 2.34. The minimum Gasteiger partial charge on any atom is -0.321 e. The second-order valence-corrected chi connectivity index (χ2v) is 4.09. The van der Waals surface area contributed by atoms with Gasteiger partial charge in [0.15, 0.2) is 0 Å². The van der Waals surface area contributed by atoms with Crippen LogP contribution >= 0.6 is 15.9 Å². The zero-order valence-electron chi connectivity index (χ0n) is 8.21. The first-order valence-electron chi connectivity index (χ1n) is 4.43. The van der Waals surface area contributed by atoms with Crippen LogP contribution in [0.15, 0.2) is 22.2 Å². The first-order valence-corrected chi connectivity index (χ1v) is 5.23. The van der Waals surface area contributed by atoms with E-state index >= 15 is 0 Å². The molecule has 0 spiro atoms. The fourth-order valence-electron chi connectivity index (χ4n) is 1.55. The van der Waals surface area contributed by atoms with Crippen LogP contribution in [0.3, 0.4) is 0 Å². The van der Waals surface area contributed by atoms with Crippen molar-refractivity contribution in [2.75, 3.05) is 5.32 Å². The number of fused-ring (bicyclic) bond motifs is 1. The Balaban J connectivity index is 2.77. The molecule has 1 aliphatic rings. The van der Waals surface area contributed by atoms with Crippen LogP contribution in [0.5, 0.6) is 0 Å². The molecule has 0 radical (unpaired) electrons. The normalized spacial score (nSPS) is 12.5. The van der Waals surface area contributed by atoms with Gasteiger partial charge in [0.05, 0.1) is 15.7 Å². The Hall–Kier alpha value is -2.18. The second kappa shape index (κ2) is 4.00. The number of nitrogens with zero attached hydrogens (tertiary/aromatic N) is 2. The van der Waals surface area contributed by atoms with Crippen molar-refractivity contribution in [1.29, 1.82) is 10.5 Å². The number of rotatable bonds is 0. The summed E-state index contributed by atoms with van der Waals surface area (Å²) >= 11 is 2.99. The number of benzene rings is 1. The maximum absolute atomic E-state index is 13.4. The quantitative estimate of drug-likeness (QED) is 0.589. The van der Waals surface area contributed by atoms with E-state index in [1.165, 1.54) is 6.07 Å². The summed E-state index contributed by atoms with van der Waals surface area (Å²) in [5.74, 6) is -1.14. The molecule has 0 bridgehead atoms. The van der Waals surface area contributed by atoms with Crippen LogP contribution in [-0.2, 0) is 4.79 Å². The average Bonchev–Trinajstić information content (AvgIpc) is 2.59. The molecule has 1 heterocycles. The van der Waals surface area contributed by atoms with Gasteiger partial charge in [-0.1, -0.05) is 0 Å². The molecule has 82 valence electrons. The number of halogens is 2. The lowest BCUT2D eigenvalue weighted by Gasteiger charge is -2.00. The zero-order valence-corrected chi connectivity index (χ0v) is 9.80. The Morgan fingerprint density at radius 1 is 1.35 bits per heavy atom. The third-order valence-corrected chi connectivity index (χ3v) is 2.89. The summed E-state index contributed by atoms with van der Waals surface area (Å²) in [4.78, 5) is 11.6. The van der Waals surface area contributed by atoms with Gasteiger partial charge in [0, 0.05) is 5.56 Å². The Bertz CT molecular complexity index is 636. The molecule has 17 heavy (non-hydrogen) atoms. The standard InChI is InChI=1S/C11H3BrFN3O/c12-7-2-9-6(1-8(7)13)10(11(17)16-9)5(3-14)4-15/h1-2H,(H,16,17). The predicted molar refractivity (Wildman–Crippen MR) is 60.9 cm³/mol. The Morgan fingerprint density at radius 2 is 2.00 bits per heavy atom. The van der Waals surface area contributed by atoms with Crippen molar-refractivity contribution in [3.05, 3.63) is 33.6 Å². The summed E-state index contributed by atoms with van der Waals surface area (Å²) in [6.45, 7) is 0. The number of hydrogen-bond donors (Lipinski definition) is 1. The van der Waals surface area contributed by atoms with E-state index < -0.39 is 11.7 Å². The number of amides is 1. The van der Waals surface area contributed by atoms with E-state index in [1.807, 2.05) is 0 Å². The van der Waals surface area contributed by atoms with Gasteiger partial charge in [-0.15, -0.1) is 0 Å². The lowest BCUT2D eigenvalue weighted by atomic mass is 10.0. The molecule has 6 heteroatoms. The Kier molecular flexibility index (Phi) is 2.66. The van der Waals surface area contributed by atoms with Crippen LogP contribution in [0.2, 0.25) is 0 Å². The highest BCUT2D eigenvalue weighted by Crippen LogP contribution is 2.36. The third kappa shape index (κ3) is 1.69. The lowest BCUT2D eigenvalue weighted by Crippen LogP contribution is -2.05. The molecule has 0 atom stereocenters. The topological polar surface area (TPSA) is 76.7 Å². The number of hydrogen-bond acceptors (Lipinski definition) is 3. The zero-order chi connectivity index (χ0) is 12.6. The monoisotopic (exact) mass is 291 g/mol. The van der Waals surface area contributed by atoms with E-state index in [0.717, 1.165) is 6.07 Å². The van der Waals surface area contributed by atoms with E-state index in [2.05, 4.69) is 21.2 Å². The molecule has 1 aromatic rings. The number of nitriles is 2. The Labute approximate surface area is 104 Å². The minimum atomic E-state index is -0.574. The van der Waals surface area contributed by atoms with Gasteiger partial charge in [0.1, 0.15) is 23.5 Å². The smallest absolute Gasteiger partial charge is 0.258 e. The van der Waals surface area contributed by atoms with Crippen molar-refractivity contribution in [1.82, 2.24) is 0 Å². The molecule has 2 rings (SSSR count). The molecule has 0 unspecified atom stereocenters. The molecule has 0 fully saturated rings. The van der Waals surface area contributed by atoms with Crippen molar-refractivity contribution < 1.29 is 9.18 Å². The van der Waals surface area contributed by atoms with E-state index in [-0.39, 0.29) is 21.2 Å². The Morgan fingerprint density at radius 3 is 2.59 bits per heavy atom. The van der Waals surface area contributed by atoms with Gasteiger partial charge < -0.3 is 5.32 Å². The molecular formula is C11H3BrFN3O. The van der Waals surface area contributed by atoms with Crippen molar-refractivity contribution in [2.45, 2.75) is 0 Å². The van der Waals surface area contributed by atoms with Crippen LogP contribution in [0.1, 0.15) is 5.56 Å². The molecular weight excluding hydrogens is 289 g/mol. The molecule has 1 aromatic carbocycles. The van der Waals surface area contributed by atoms with Crippen LogP contribution in [0.25, 0.3) is 5.57 Å². The first kappa shape index (κ1) is 11.3. The molecule has 1 N–H and O–H groups in total. The molecule has 1 aliphatic heterocycles. The summed E-state index contributed by atoms with van der Waals surface area (Å²) in [5, 5.41) is 19.9. The average molecular weight is 292 g/mol. The number of carbonyl (C=O) groups is 1. The third-order valence-electron chi connectivity index (χ3n) is 2.28. The number of nitrogens with one attached hydrogen (secondary N) is 1. The number of carbonyl (C=O) groups excluding carboxylic acids is 1. The fraction of sp³-hybridized carbons (Fsp3) is 0. The van der Waals surface area contributed by atoms with Gasteiger partial charge in [0.2, 0.25) is 0 Å². The van der Waals surface area contributed by atoms with Crippen molar-refractivity contribution in [2.24, 2.45) is 0 Å². The van der Waals surface area contributed by atoms with E-state index in [1.54, 1.807) is 12.1 Å². The highest BCUT2D eigenvalue weighted by molar-refractivity contribution is 9.10. The summed E-state index contributed by atoms with van der Waals surface area (Å²) in [6.07, 6.45) is 0. The summed E-state index contributed by atoms with van der Waals surface area (Å²) in [6, 6.07) is 5.75.